The first-order valence-corrected chi connectivity index (χ1v) is 7.17. The zero-order chi connectivity index (χ0) is 13.5. The number of halogens is 2. The average molecular weight is 272 g/mol. The Bertz CT molecular complexity index is 347. The Morgan fingerprint density at radius 3 is 2.61 bits per heavy atom. The van der Waals surface area contributed by atoms with Crippen LogP contribution in [0.3, 0.4) is 0 Å². The summed E-state index contributed by atoms with van der Waals surface area (Å²) in [6, 6.07) is 4.43. The molecule has 0 spiro atoms. The summed E-state index contributed by atoms with van der Waals surface area (Å²) in [5.74, 6) is 0.260. The van der Waals surface area contributed by atoms with Crippen LogP contribution in [0.15, 0.2) is 18.2 Å². The lowest BCUT2D eigenvalue weighted by atomic mass is 9.89. The second kappa shape index (κ2) is 7.75. The molecule has 0 saturated carbocycles. The number of nitrogens with two attached hydrogens (primary N) is 1. The monoisotopic (exact) mass is 271 g/mol. The van der Waals surface area contributed by atoms with E-state index in [1.54, 1.807) is 12.1 Å². The summed E-state index contributed by atoms with van der Waals surface area (Å²) in [6.07, 6.45) is 5.44. The van der Waals surface area contributed by atoms with Crippen LogP contribution >= 0.6 is 11.6 Å². The molecule has 1 nitrogen and oxygen atoms in total. The van der Waals surface area contributed by atoms with E-state index in [0.717, 1.165) is 19.3 Å². The summed E-state index contributed by atoms with van der Waals surface area (Å²) in [4.78, 5) is 0. The molecule has 0 saturated heterocycles. The second-order valence-corrected chi connectivity index (χ2v) is 5.30. The second-order valence-electron chi connectivity index (χ2n) is 4.89. The van der Waals surface area contributed by atoms with Gasteiger partial charge in [0, 0.05) is 16.6 Å². The first-order valence-electron chi connectivity index (χ1n) is 6.79. The fourth-order valence-electron chi connectivity index (χ4n) is 2.32. The van der Waals surface area contributed by atoms with Gasteiger partial charge in [0.15, 0.2) is 0 Å². The normalized spacial score (nSPS) is 14.5. The van der Waals surface area contributed by atoms with Crippen LogP contribution in [0, 0.1) is 11.7 Å². The molecule has 0 aliphatic carbocycles. The zero-order valence-electron chi connectivity index (χ0n) is 11.3. The van der Waals surface area contributed by atoms with E-state index >= 15 is 0 Å². The summed E-state index contributed by atoms with van der Waals surface area (Å²) in [7, 11) is 0. The largest absolute Gasteiger partial charge is 0.324 e. The Balaban J connectivity index is 2.71. The molecule has 0 bridgehead atoms. The summed E-state index contributed by atoms with van der Waals surface area (Å²) >= 11 is 6.04. The number of benzene rings is 1. The highest BCUT2D eigenvalue weighted by Gasteiger charge is 2.18. The zero-order valence-corrected chi connectivity index (χ0v) is 12.0. The first kappa shape index (κ1) is 15.5. The fraction of sp³-hybridized carbons (Fsp3) is 0.600. The van der Waals surface area contributed by atoms with Crippen molar-refractivity contribution in [3.8, 4) is 0 Å². The van der Waals surface area contributed by atoms with E-state index in [1.165, 1.54) is 18.9 Å². The van der Waals surface area contributed by atoms with Crippen LogP contribution in [0.5, 0.6) is 0 Å². The van der Waals surface area contributed by atoms with Crippen molar-refractivity contribution in [3.05, 3.63) is 34.6 Å². The highest BCUT2D eigenvalue weighted by Crippen LogP contribution is 2.30. The van der Waals surface area contributed by atoms with E-state index in [4.69, 9.17) is 17.3 Å². The number of hydrogen-bond acceptors (Lipinski definition) is 1. The van der Waals surface area contributed by atoms with Crippen LogP contribution < -0.4 is 5.73 Å². The van der Waals surface area contributed by atoms with Gasteiger partial charge in [-0.15, -0.1) is 0 Å². The molecule has 0 fully saturated rings. The molecule has 1 aromatic rings. The van der Waals surface area contributed by atoms with Crippen molar-refractivity contribution in [3.63, 3.8) is 0 Å². The highest BCUT2D eigenvalue weighted by molar-refractivity contribution is 6.31. The van der Waals surface area contributed by atoms with E-state index in [2.05, 4.69) is 13.8 Å². The fourth-order valence-corrected chi connectivity index (χ4v) is 2.63. The highest BCUT2D eigenvalue weighted by atomic mass is 35.5. The van der Waals surface area contributed by atoms with Gasteiger partial charge in [0.05, 0.1) is 0 Å². The molecular weight excluding hydrogens is 249 g/mol. The van der Waals surface area contributed by atoms with Crippen LogP contribution in [-0.4, -0.2) is 0 Å². The van der Waals surface area contributed by atoms with Gasteiger partial charge in [-0.25, -0.2) is 4.39 Å². The van der Waals surface area contributed by atoms with Crippen molar-refractivity contribution in [2.75, 3.05) is 0 Å². The number of hydrogen-bond donors (Lipinski definition) is 1. The van der Waals surface area contributed by atoms with E-state index in [9.17, 15) is 4.39 Å². The molecule has 0 amide bonds. The molecule has 2 atom stereocenters. The predicted molar refractivity (Wildman–Crippen MR) is 76.3 cm³/mol. The minimum atomic E-state index is -0.305. The van der Waals surface area contributed by atoms with E-state index in [0.29, 0.717) is 16.5 Å². The van der Waals surface area contributed by atoms with Crippen molar-refractivity contribution >= 4 is 11.6 Å². The van der Waals surface area contributed by atoms with Gasteiger partial charge in [-0.2, -0.15) is 0 Å². The van der Waals surface area contributed by atoms with Gasteiger partial charge >= 0.3 is 0 Å². The average Bonchev–Trinajstić information content (AvgIpc) is 2.34. The van der Waals surface area contributed by atoms with Crippen LogP contribution in [0.25, 0.3) is 0 Å². The number of rotatable bonds is 7. The molecule has 0 heterocycles. The Morgan fingerprint density at radius 1 is 1.33 bits per heavy atom. The van der Waals surface area contributed by atoms with Crippen molar-refractivity contribution in [2.24, 2.45) is 11.7 Å². The van der Waals surface area contributed by atoms with Gasteiger partial charge in [0.1, 0.15) is 5.82 Å². The lowest BCUT2D eigenvalue weighted by molar-refractivity contribution is 0.383. The SMILES string of the molecule is CCCCC(CC)CC(N)c1c(F)cccc1Cl. The molecule has 0 aliphatic heterocycles. The molecular formula is C15H23ClFN. The lowest BCUT2D eigenvalue weighted by Gasteiger charge is -2.21. The molecule has 1 rings (SSSR count). The van der Waals surface area contributed by atoms with Gasteiger partial charge in [-0.1, -0.05) is 57.2 Å². The van der Waals surface area contributed by atoms with E-state index in [-0.39, 0.29) is 11.9 Å². The van der Waals surface area contributed by atoms with Crippen molar-refractivity contribution in [1.29, 1.82) is 0 Å². The Kier molecular flexibility index (Phi) is 6.66. The summed E-state index contributed by atoms with van der Waals surface area (Å²) in [5, 5.41) is 0.438. The Hall–Kier alpha value is -0.600. The first-order chi connectivity index (χ1) is 8.60. The van der Waals surface area contributed by atoms with Crippen LogP contribution in [-0.2, 0) is 0 Å². The predicted octanol–water partition coefficient (Wildman–Crippen LogP) is 5.09. The molecule has 2 N–H and O–H groups in total. The molecule has 0 radical (unpaired) electrons. The van der Waals surface area contributed by atoms with E-state index in [1.807, 2.05) is 0 Å². The smallest absolute Gasteiger partial charge is 0.129 e. The van der Waals surface area contributed by atoms with Crippen molar-refractivity contribution in [1.82, 2.24) is 0 Å². The summed E-state index contributed by atoms with van der Waals surface area (Å²) in [5.41, 5.74) is 6.59. The van der Waals surface area contributed by atoms with Gasteiger partial charge in [-0.3, -0.25) is 0 Å². The molecule has 18 heavy (non-hydrogen) atoms. The Labute approximate surface area is 115 Å². The topological polar surface area (TPSA) is 26.0 Å². The molecule has 102 valence electrons. The minimum Gasteiger partial charge on any atom is -0.324 e. The summed E-state index contributed by atoms with van der Waals surface area (Å²) < 4.78 is 13.7. The summed E-state index contributed by atoms with van der Waals surface area (Å²) in [6.45, 7) is 4.34. The third-order valence-electron chi connectivity index (χ3n) is 3.50. The van der Waals surface area contributed by atoms with E-state index < -0.39 is 0 Å². The van der Waals surface area contributed by atoms with Crippen molar-refractivity contribution < 1.29 is 4.39 Å². The molecule has 0 aliphatic rings. The molecule has 2 unspecified atom stereocenters. The Morgan fingerprint density at radius 2 is 2.06 bits per heavy atom. The van der Waals surface area contributed by atoms with Crippen LogP contribution in [0.1, 0.15) is 57.6 Å². The minimum absolute atomic E-state index is 0.291. The maximum atomic E-state index is 13.7. The quantitative estimate of drug-likeness (QED) is 0.735. The molecule has 0 aromatic heterocycles. The van der Waals surface area contributed by atoms with Crippen LogP contribution in [0.4, 0.5) is 4.39 Å². The standard InChI is InChI=1S/C15H23ClFN/c1-3-5-7-11(4-2)10-14(18)15-12(16)8-6-9-13(15)17/h6,8-9,11,14H,3-5,7,10,18H2,1-2H3. The van der Waals surface area contributed by atoms with Gasteiger partial charge in [0.25, 0.3) is 0 Å². The van der Waals surface area contributed by atoms with Crippen molar-refractivity contribution in [2.45, 2.75) is 52.0 Å². The van der Waals surface area contributed by atoms with Gasteiger partial charge < -0.3 is 5.73 Å². The maximum absolute atomic E-state index is 13.7. The van der Waals surface area contributed by atoms with Crippen LogP contribution in [0.2, 0.25) is 5.02 Å². The third kappa shape index (κ3) is 4.25. The molecule has 1 aromatic carbocycles. The number of unbranched alkanes of at least 4 members (excludes halogenated alkanes) is 1. The third-order valence-corrected chi connectivity index (χ3v) is 3.83. The van der Waals surface area contributed by atoms with Gasteiger partial charge in [-0.05, 0) is 24.5 Å². The molecule has 3 heteroatoms. The lowest BCUT2D eigenvalue weighted by Crippen LogP contribution is -2.17. The van der Waals surface area contributed by atoms with Gasteiger partial charge in [0.2, 0.25) is 0 Å². The maximum Gasteiger partial charge on any atom is 0.129 e.